The van der Waals surface area contributed by atoms with Crippen LogP contribution < -0.4 is 10.6 Å². The van der Waals surface area contributed by atoms with Crippen LogP contribution in [0, 0.1) is 11.8 Å². The number of aliphatic imine (C=N–C) groups is 1. The summed E-state index contributed by atoms with van der Waals surface area (Å²) in [6.45, 7) is 16.3. The van der Waals surface area contributed by atoms with Crippen LogP contribution in [0.4, 0.5) is 0 Å². The Labute approximate surface area is 149 Å². The van der Waals surface area contributed by atoms with Gasteiger partial charge in [0.1, 0.15) is 0 Å². The zero-order chi connectivity index (χ0) is 17.5. The molecule has 0 aliphatic carbocycles. The number of nitrogens with zero attached hydrogens (tertiary/aromatic N) is 3. The van der Waals surface area contributed by atoms with Gasteiger partial charge in [-0.15, -0.1) is 0 Å². The second-order valence-corrected chi connectivity index (χ2v) is 8.15. The number of nitrogens with one attached hydrogen (secondary N) is 2. The van der Waals surface area contributed by atoms with Gasteiger partial charge in [-0.3, -0.25) is 9.89 Å². The molecule has 2 rings (SSSR count). The number of guanidine groups is 1. The SMILES string of the molecule is CN=C(NCCCN1CCC(C)CC1)NC1CN(C(C)C)CC1C. The molecule has 0 aromatic carbocycles. The van der Waals surface area contributed by atoms with Crippen LogP contribution in [0.5, 0.6) is 0 Å². The second kappa shape index (κ2) is 9.62. The van der Waals surface area contributed by atoms with E-state index in [1.807, 2.05) is 7.05 Å². The number of hydrogen-bond donors (Lipinski definition) is 2. The van der Waals surface area contributed by atoms with Crippen molar-refractivity contribution in [2.75, 3.05) is 46.3 Å². The van der Waals surface area contributed by atoms with E-state index in [9.17, 15) is 0 Å². The molecule has 0 bridgehead atoms. The summed E-state index contributed by atoms with van der Waals surface area (Å²) < 4.78 is 0. The Bertz CT molecular complexity index is 387. The fraction of sp³-hybridized carbons (Fsp3) is 0.947. The monoisotopic (exact) mass is 337 g/mol. The molecule has 5 heteroatoms. The first kappa shape index (κ1) is 19.5. The van der Waals surface area contributed by atoms with E-state index >= 15 is 0 Å². The number of piperidine rings is 1. The van der Waals surface area contributed by atoms with Crippen molar-refractivity contribution < 1.29 is 0 Å². The summed E-state index contributed by atoms with van der Waals surface area (Å²) in [5.74, 6) is 2.55. The molecule has 2 aliphatic heterocycles. The molecule has 0 radical (unpaired) electrons. The third kappa shape index (κ3) is 5.92. The highest BCUT2D eigenvalue weighted by molar-refractivity contribution is 5.80. The largest absolute Gasteiger partial charge is 0.356 e. The summed E-state index contributed by atoms with van der Waals surface area (Å²) in [6, 6.07) is 1.13. The summed E-state index contributed by atoms with van der Waals surface area (Å²) in [5.41, 5.74) is 0. The standard InChI is InChI=1S/C19H39N5/c1-15(2)24-13-17(4)18(14-24)22-19(20-5)21-9-6-10-23-11-7-16(3)8-12-23/h15-18H,6-14H2,1-5H3,(H2,20,21,22). The Morgan fingerprint density at radius 1 is 1.17 bits per heavy atom. The van der Waals surface area contributed by atoms with Gasteiger partial charge < -0.3 is 15.5 Å². The fourth-order valence-corrected chi connectivity index (χ4v) is 3.78. The van der Waals surface area contributed by atoms with Crippen LogP contribution in [0.2, 0.25) is 0 Å². The molecule has 2 N–H and O–H groups in total. The average Bonchev–Trinajstić information content (AvgIpc) is 2.93. The first-order valence-corrected chi connectivity index (χ1v) is 9.93. The summed E-state index contributed by atoms with van der Waals surface area (Å²) in [5, 5.41) is 7.13. The Balaban J connectivity index is 1.64. The molecular formula is C19H39N5. The third-order valence-corrected chi connectivity index (χ3v) is 5.74. The van der Waals surface area contributed by atoms with E-state index in [0.29, 0.717) is 18.0 Å². The van der Waals surface area contributed by atoms with Gasteiger partial charge in [0.05, 0.1) is 0 Å². The highest BCUT2D eigenvalue weighted by atomic mass is 15.3. The van der Waals surface area contributed by atoms with E-state index in [2.05, 4.69) is 53.1 Å². The van der Waals surface area contributed by atoms with E-state index in [1.165, 1.54) is 45.4 Å². The lowest BCUT2D eigenvalue weighted by Crippen LogP contribution is -2.47. The number of rotatable bonds is 6. The number of hydrogen-bond acceptors (Lipinski definition) is 3. The van der Waals surface area contributed by atoms with E-state index < -0.39 is 0 Å². The molecule has 2 saturated heterocycles. The first-order valence-electron chi connectivity index (χ1n) is 9.93. The molecule has 0 amide bonds. The predicted octanol–water partition coefficient (Wildman–Crippen LogP) is 2.00. The highest BCUT2D eigenvalue weighted by Crippen LogP contribution is 2.18. The third-order valence-electron chi connectivity index (χ3n) is 5.74. The molecule has 2 unspecified atom stereocenters. The molecule has 2 aliphatic rings. The molecule has 0 saturated carbocycles. The minimum absolute atomic E-state index is 0.502. The second-order valence-electron chi connectivity index (χ2n) is 8.15. The Kier molecular flexibility index (Phi) is 7.82. The maximum absolute atomic E-state index is 4.41. The zero-order valence-corrected chi connectivity index (χ0v) is 16.5. The topological polar surface area (TPSA) is 42.9 Å². The number of likely N-dealkylation sites (tertiary alicyclic amines) is 2. The lowest BCUT2D eigenvalue weighted by molar-refractivity contribution is 0.191. The zero-order valence-electron chi connectivity index (χ0n) is 16.5. The maximum Gasteiger partial charge on any atom is 0.191 e. The van der Waals surface area contributed by atoms with Gasteiger partial charge in [-0.2, -0.15) is 0 Å². The van der Waals surface area contributed by atoms with Crippen molar-refractivity contribution >= 4 is 5.96 Å². The van der Waals surface area contributed by atoms with Crippen LogP contribution in [0.15, 0.2) is 4.99 Å². The van der Waals surface area contributed by atoms with Gasteiger partial charge >= 0.3 is 0 Å². The van der Waals surface area contributed by atoms with E-state index in [-0.39, 0.29) is 0 Å². The van der Waals surface area contributed by atoms with Crippen LogP contribution in [-0.4, -0.2) is 74.2 Å². The van der Waals surface area contributed by atoms with E-state index in [1.54, 1.807) is 0 Å². The predicted molar refractivity (Wildman–Crippen MR) is 104 cm³/mol. The highest BCUT2D eigenvalue weighted by Gasteiger charge is 2.31. The molecular weight excluding hydrogens is 298 g/mol. The van der Waals surface area contributed by atoms with E-state index in [4.69, 9.17) is 0 Å². The van der Waals surface area contributed by atoms with Crippen LogP contribution >= 0.6 is 0 Å². The summed E-state index contributed by atoms with van der Waals surface area (Å²) in [6.07, 6.45) is 3.92. The van der Waals surface area contributed by atoms with Crippen molar-refractivity contribution in [1.29, 1.82) is 0 Å². The minimum atomic E-state index is 0.502. The lowest BCUT2D eigenvalue weighted by atomic mass is 9.99. The van der Waals surface area contributed by atoms with Crippen LogP contribution in [-0.2, 0) is 0 Å². The van der Waals surface area contributed by atoms with Crippen molar-refractivity contribution in [3.05, 3.63) is 0 Å². The van der Waals surface area contributed by atoms with Crippen molar-refractivity contribution in [3.63, 3.8) is 0 Å². The Morgan fingerprint density at radius 2 is 1.88 bits per heavy atom. The smallest absolute Gasteiger partial charge is 0.191 e. The van der Waals surface area contributed by atoms with Gasteiger partial charge in [-0.05, 0) is 64.6 Å². The quantitative estimate of drug-likeness (QED) is 0.442. The van der Waals surface area contributed by atoms with Gasteiger partial charge in [-0.1, -0.05) is 13.8 Å². The molecule has 24 heavy (non-hydrogen) atoms. The van der Waals surface area contributed by atoms with Gasteiger partial charge in [0.2, 0.25) is 0 Å². The molecule has 0 aromatic heterocycles. The molecule has 0 spiro atoms. The molecule has 2 heterocycles. The van der Waals surface area contributed by atoms with Crippen molar-refractivity contribution in [2.45, 2.75) is 59.0 Å². The van der Waals surface area contributed by atoms with Gasteiger partial charge in [-0.25, -0.2) is 0 Å². The summed E-state index contributed by atoms with van der Waals surface area (Å²) >= 11 is 0. The first-order chi connectivity index (χ1) is 11.5. The van der Waals surface area contributed by atoms with Gasteiger partial charge in [0, 0.05) is 38.8 Å². The lowest BCUT2D eigenvalue weighted by Gasteiger charge is -2.30. The molecule has 2 atom stereocenters. The molecule has 140 valence electrons. The van der Waals surface area contributed by atoms with Crippen LogP contribution in [0.1, 0.15) is 47.0 Å². The van der Waals surface area contributed by atoms with Crippen LogP contribution in [0.3, 0.4) is 0 Å². The van der Waals surface area contributed by atoms with Crippen molar-refractivity contribution in [2.24, 2.45) is 16.8 Å². The van der Waals surface area contributed by atoms with Crippen molar-refractivity contribution in [3.8, 4) is 0 Å². The summed E-state index contributed by atoms with van der Waals surface area (Å²) in [4.78, 5) is 9.57. The van der Waals surface area contributed by atoms with Gasteiger partial charge in [0.15, 0.2) is 5.96 Å². The minimum Gasteiger partial charge on any atom is -0.356 e. The average molecular weight is 338 g/mol. The molecule has 5 nitrogen and oxygen atoms in total. The molecule has 0 aromatic rings. The van der Waals surface area contributed by atoms with Gasteiger partial charge in [0.25, 0.3) is 0 Å². The maximum atomic E-state index is 4.41. The van der Waals surface area contributed by atoms with Crippen LogP contribution in [0.25, 0.3) is 0 Å². The Morgan fingerprint density at radius 3 is 2.46 bits per heavy atom. The summed E-state index contributed by atoms with van der Waals surface area (Å²) in [7, 11) is 1.88. The van der Waals surface area contributed by atoms with E-state index in [0.717, 1.165) is 25.0 Å². The Hall–Kier alpha value is -0.810. The fourth-order valence-electron chi connectivity index (χ4n) is 3.78. The normalized spacial score (nSPS) is 27.8. The van der Waals surface area contributed by atoms with Crippen molar-refractivity contribution in [1.82, 2.24) is 20.4 Å². The molecule has 2 fully saturated rings.